The lowest BCUT2D eigenvalue weighted by molar-refractivity contribution is 0.263. The number of nitrogens with zero attached hydrogens (tertiary/aromatic N) is 2. The van der Waals surface area contributed by atoms with Crippen LogP contribution in [0.15, 0.2) is 60.9 Å². The summed E-state index contributed by atoms with van der Waals surface area (Å²) in [6, 6.07) is 15.7. The van der Waals surface area contributed by atoms with Gasteiger partial charge in [0.15, 0.2) is 5.82 Å². The highest BCUT2D eigenvalue weighted by Gasteiger charge is 2.23. The van der Waals surface area contributed by atoms with Gasteiger partial charge in [0.25, 0.3) is 0 Å². The van der Waals surface area contributed by atoms with Crippen LogP contribution in [0.1, 0.15) is 0 Å². The Morgan fingerprint density at radius 2 is 1.14 bits per heavy atom. The van der Waals surface area contributed by atoms with E-state index in [1.165, 1.54) is 0 Å². The van der Waals surface area contributed by atoms with Crippen molar-refractivity contribution in [1.82, 2.24) is 9.97 Å². The van der Waals surface area contributed by atoms with Gasteiger partial charge in [-0.05, 0) is 42.0 Å². The maximum Gasteiger partial charge on any atom is 0.159 e. The first-order chi connectivity index (χ1) is 13.8. The Balaban J connectivity index is 1.23. The van der Waals surface area contributed by atoms with Gasteiger partial charge in [0.2, 0.25) is 0 Å². The van der Waals surface area contributed by atoms with E-state index in [1.54, 1.807) is 0 Å². The van der Waals surface area contributed by atoms with Gasteiger partial charge in [-0.1, -0.05) is 12.1 Å². The molecule has 6 nitrogen and oxygen atoms in total. The van der Waals surface area contributed by atoms with Gasteiger partial charge in [-0.25, -0.2) is 9.97 Å². The van der Waals surface area contributed by atoms with Gasteiger partial charge in [0.05, 0.1) is 13.2 Å². The van der Waals surface area contributed by atoms with Crippen LogP contribution in [-0.2, 0) is 9.47 Å². The third-order valence-corrected chi connectivity index (χ3v) is 4.63. The molecule has 2 fully saturated rings. The van der Waals surface area contributed by atoms with Crippen molar-refractivity contribution in [3.8, 4) is 34.0 Å². The molecule has 2 unspecified atom stereocenters. The smallest absolute Gasteiger partial charge is 0.159 e. The molecule has 0 N–H and O–H groups in total. The second-order valence-corrected chi connectivity index (χ2v) is 6.88. The van der Waals surface area contributed by atoms with Crippen molar-refractivity contribution in [2.75, 3.05) is 26.4 Å². The number of hydrogen-bond donors (Lipinski definition) is 0. The molecular formula is C22H20N2O4. The lowest BCUT2D eigenvalue weighted by Crippen LogP contribution is -2.03. The number of rotatable bonds is 8. The highest BCUT2D eigenvalue weighted by molar-refractivity contribution is 5.64. The van der Waals surface area contributed by atoms with E-state index in [4.69, 9.17) is 18.9 Å². The summed E-state index contributed by atoms with van der Waals surface area (Å²) in [6.45, 7) is 2.80. The first-order valence-corrected chi connectivity index (χ1v) is 9.35. The Labute approximate surface area is 163 Å². The quantitative estimate of drug-likeness (QED) is 0.562. The zero-order valence-electron chi connectivity index (χ0n) is 15.3. The average Bonchev–Trinajstić information content (AvgIpc) is 3.67. The Kier molecular flexibility index (Phi) is 4.64. The molecule has 142 valence electrons. The van der Waals surface area contributed by atoms with E-state index < -0.39 is 0 Å². The van der Waals surface area contributed by atoms with Crippen LogP contribution in [0.5, 0.6) is 11.5 Å². The maximum absolute atomic E-state index is 5.67. The molecule has 5 rings (SSSR count). The van der Waals surface area contributed by atoms with Crippen molar-refractivity contribution in [3.63, 3.8) is 0 Å². The van der Waals surface area contributed by atoms with Crippen molar-refractivity contribution in [3.05, 3.63) is 60.9 Å². The van der Waals surface area contributed by atoms with E-state index in [9.17, 15) is 0 Å². The summed E-state index contributed by atoms with van der Waals surface area (Å²) in [6.07, 6.45) is 4.19. The molecule has 6 heteroatoms. The van der Waals surface area contributed by atoms with Gasteiger partial charge in [0, 0.05) is 23.5 Å². The second kappa shape index (κ2) is 7.58. The van der Waals surface area contributed by atoms with Gasteiger partial charge < -0.3 is 18.9 Å². The van der Waals surface area contributed by atoms with E-state index in [2.05, 4.69) is 9.97 Å². The van der Waals surface area contributed by atoms with Crippen molar-refractivity contribution < 1.29 is 18.9 Å². The fourth-order valence-corrected chi connectivity index (χ4v) is 2.78. The summed E-state index contributed by atoms with van der Waals surface area (Å²) in [5.74, 6) is 2.35. The summed E-state index contributed by atoms with van der Waals surface area (Å²) >= 11 is 0. The molecule has 2 aromatic carbocycles. The first-order valence-electron chi connectivity index (χ1n) is 9.35. The third kappa shape index (κ3) is 4.30. The largest absolute Gasteiger partial charge is 0.491 e. The Bertz CT molecular complexity index is 840. The SMILES string of the molecule is c1cc(-c2cnc(-c3ccc(OCC4CO4)cc3)nc2)ccc1OCC1CO1. The van der Waals surface area contributed by atoms with E-state index in [0.29, 0.717) is 19.0 Å². The molecule has 3 aromatic rings. The highest BCUT2D eigenvalue weighted by Crippen LogP contribution is 2.25. The third-order valence-electron chi connectivity index (χ3n) is 4.63. The molecule has 2 aliphatic heterocycles. The molecule has 0 amide bonds. The summed E-state index contributed by atoms with van der Waals surface area (Å²) in [7, 11) is 0. The van der Waals surface area contributed by atoms with Crippen LogP contribution in [0, 0.1) is 0 Å². The predicted molar refractivity (Wildman–Crippen MR) is 103 cm³/mol. The molecule has 0 aliphatic carbocycles. The Morgan fingerprint density at radius 3 is 1.61 bits per heavy atom. The number of epoxide rings is 2. The fraction of sp³-hybridized carbons (Fsp3) is 0.273. The lowest BCUT2D eigenvalue weighted by atomic mass is 10.1. The van der Waals surface area contributed by atoms with Gasteiger partial charge >= 0.3 is 0 Å². The summed E-state index contributed by atoms with van der Waals surface area (Å²) in [5.41, 5.74) is 2.96. The van der Waals surface area contributed by atoms with E-state index in [0.717, 1.165) is 41.4 Å². The van der Waals surface area contributed by atoms with Gasteiger partial charge in [-0.2, -0.15) is 0 Å². The molecule has 0 saturated carbocycles. The standard InChI is InChI=1S/C22H20N2O4/c1-5-18(25-11-20-13-27-20)6-2-15(1)17-9-23-22(24-10-17)16-3-7-19(8-4-16)26-12-21-14-28-21/h1-10,20-21H,11-14H2. The molecule has 0 spiro atoms. The minimum Gasteiger partial charge on any atom is -0.491 e. The van der Waals surface area contributed by atoms with E-state index in [-0.39, 0.29) is 12.2 Å². The maximum atomic E-state index is 5.67. The van der Waals surface area contributed by atoms with Crippen LogP contribution in [0.3, 0.4) is 0 Å². The van der Waals surface area contributed by atoms with Crippen LogP contribution in [-0.4, -0.2) is 48.6 Å². The molecule has 3 heterocycles. The van der Waals surface area contributed by atoms with Gasteiger partial charge in [-0.15, -0.1) is 0 Å². The van der Waals surface area contributed by atoms with Crippen LogP contribution in [0.2, 0.25) is 0 Å². The van der Waals surface area contributed by atoms with Crippen LogP contribution >= 0.6 is 0 Å². The number of hydrogen-bond acceptors (Lipinski definition) is 6. The Morgan fingerprint density at radius 1 is 0.679 bits per heavy atom. The van der Waals surface area contributed by atoms with Gasteiger partial charge in [0.1, 0.15) is 36.9 Å². The first kappa shape index (κ1) is 17.2. The minimum atomic E-state index is 0.253. The molecule has 0 radical (unpaired) electrons. The van der Waals surface area contributed by atoms with Gasteiger partial charge in [-0.3, -0.25) is 0 Å². The normalized spacial score (nSPS) is 19.9. The van der Waals surface area contributed by atoms with E-state index in [1.807, 2.05) is 60.9 Å². The van der Waals surface area contributed by atoms with Crippen molar-refractivity contribution in [2.24, 2.45) is 0 Å². The van der Waals surface area contributed by atoms with Crippen LogP contribution in [0.25, 0.3) is 22.5 Å². The van der Waals surface area contributed by atoms with Crippen molar-refractivity contribution >= 4 is 0 Å². The lowest BCUT2D eigenvalue weighted by Gasteiger charge is -2.07. The van der Waals surface area contributed by atoms with Crippen LogP contribution in [0.4, 0.5) is 0 Å². The minimum absolute atomic E-state index is 0.253. The molecular weight excluding hydrogens is 356 g/mol. The number of ether oxygens (including phenoxy) is 4. The molecule has 0 bridgehead atoms. The van der Waals surface area contributed by atoms with Crippen molar-refractivity contribution in [1.29, 1.82) is 0 Å². The summed E-state index contributed by atoms with van der Waals surface area (Å²) < 4.78 is 21.6. The average molecular weight is 376 g/mol. The van der Waals surface area contributed by atoms with Crippen molar-refractivity contribution in [2.45, 2.75) is 12.2 Å². The zero-order valence-corrected chi connectivity index (χ0v) is 15.3. The fourth-order valence-electron chi connectivity index (χ4n) is 2.78. The molecule has 2 saturated heterocycles. The van der Waals surface area contributed by atoms with Crippen LogP contribution < -0.4 is 9.47 Å². The topological polar surface area (TPSA) is 69.3 Å². The molecule has 2 aliphatic rings. The molecule has 28 heavy (non-hydrogen) atoms. The zero-order chi connectivity index (χ0) is 18.8. The summed E-state index contributed by atoms with van der Waals surface area (Å²) in [5, 5.41) is 0. The summed E-state index contributed by atoms with van der Waals surface area (Å²) in [4.78, 5) is 9.02. The second-order valence-electron chi connectivity index (χ2n) is 6.88. The number of aromatic nitrogens is 2. The molecule has 1 aromatic heterocycles. The highest BCUT2D eigenvalue weighted by atomic mass is 16.6. The molecule has 2 atom stereocenters. The van der Waals surface area contributed by atoms with E-state index >= 15 is 0 Å². The monoisotopic (exact) mass is 376 g/mol. The Hall–Kier alpha value is -2.96. The predicted octanol–water partition coefficient (Wildman–Crippen LogP) is 3.37. The number of benzene rings is 2.